The fourth-order valence-corrected chi connectivity index (χ4v) is 9.17. The molecule has 1 fully saturated rings. The molecule has 0 radical (unpaired) electrons. The predicted octanol–water partition coefficient (Wildman–Crippen LogP) is 14.1. The van der Waals surface area contributed by atoms with Crippen molar-refractivity contribution < 1.29 is 33.7 Å². The van der Waals surface area contributed by atoms with Gasteiger partial charge in [-0.25, -0.2) is 0 Å². The maximum atomic E-state index is 13.0. The van der Waals surface area contributed by atoms with Gasteiger partial charge in [0.15, 0.2) is 0 Å². The lowest BCUT2D eigenvalue weighted by Gasteiger charge is -2.24. The average Bonchev–Trinajstić information content (AvgIpc) is 3.61. The number of nitrogens with zero attached hydrogens (tertiary/aromatic N) is 1. The van der Waals surface area contributed by atoms with Crippen LogP contribution in [0.4, 0.5) is 0 Å². The highest BCUT2D eigenvalue weighted by molar-refractivity contribution is 5.76. The van der Waals surface area contributed by atoms with Crippen molar-refractivity contribution in [1.82, 2.24) is 4.90 Å². The monoisotopic (exact) mass is 864 g/mol. The molecule has 0 bridgehead atoms. The summed E-state index contributed by atoms with van der Waals surface area (Å²) >= 11 is 0. The summed E-state index contributed by atoms with van der Waals surface area (Å²) in [4.78, 5) is 41.0. The Morgan fingerprint density at radius 2 is 0.885 bits per heavy atom. The molecule has 0 aromatic rings. The number of esters is 3. The van der Waals surface area contributed by atoms with Crippen molar-refractivity contribution >= 4 is 17.9 Å². The summed E-state index contributed by atoms with van der Waals surface area (Å²) in [5.74, 6) is 1.14. The molecule has 0 aliphatic carbocycles. The van der Waals surface area contributed by atoms with E-state index in [-0.39, 0.29) is 23.9 Å². The topological polar surface area (TPSA) is 102 Å². The first-order chi connectivity index (χ1) is 29.3. The molecule has 1 aliphatic heterocycles. The van der Waals surface area contributed by atoms with Gasteiger partial charge in [0, 0.05) is 13.0 Å². The van der Waals surface area contributed by atoms with Gasteiger partial charge in [0.05, 0.1) is 36.8 Å². The van der Waals surface area contributed by atoms with Crippen molar-refractivity contribution in [2.24, 2.45) is 22.7 Å². The third-order valence-corrected chi connectivity index (χ3v) is 13.5. The zero-order valence-corrected chi connectivity index (χ0v) is 41.6. The van der Waals surface area contributed by atoms with E-state index in [0.717, 1.165) is 108 Å². The number of aliphatic hydroxyl groups is 1. The zero-order valence-electron chi connectivity index (χ0n) is 41.6. The maximum Gasteiger partial charge on any atom is 0.323 e. The molecule has 0 aromatic heterocycles. The molecule has 2 atom stereocenters. The summed E-state index contributed by atoms with van der Waals surface area (Å²) in [6, 6.07) is -0.383. The van der Waals surface area contributed by atoms with Crippen LogP contribution in [0.15, 0.2) is 0 Å². The Hall–Kier alpha value is -1.67. The van der Waals surface area contributed by atoms with Crippen LogP contribution in [-0.4, -0.2) is 73.0 Å². The van der Waals surface area contributed by atoms with Gasteiger partial charge in [-0.3, -0.25) is 19.3 Å². The third kappa shape index (κ3) is 28.0. The summed E-state index contributed by atoms with van der Waals surface area (Å²) < 4.78 is 17.2. The molecule has 61 heavy (non-hydrogen) atoms. The van der Waals surface area contributed by atoms with Crippen molar-refractivity contribution in [3.05, 3.63) is 0 Å². The Kier molecular flexibility index (Phi) is 33.5. The van der Waals surface area contributed by atoms with Crippen LogP contribution < -0.4 is 0 Å². The van der Waals surface area contributed by atoms with Crippen molar-refractivity contribution in [3.8, 4) is 0 Å². The second kappa shape index (κ2) is 35.7. The quantitative estimate of drug-likeness (QED) is 0.0368. The molecule has 0 spiro atoms. The zero-order chi connectivity index (χ0) is 45.2. The molecule has 1 rings (SSSR count). The smallest absolute Gasteiger partial charge is 0.323 e. The van der Waals surface area contributed by atoms with Gasteiger partial charge in [0.1, 0.15) is 6.04 Å². The van der Waals surface area contributed by atoms with E-state index >= 15 is 0 Å². The van der Waals surface area contributed by atoms with Crippen LogP contribution in [0.3, 0.4) is 0 Å². The first kappa shape index (κ1) is 57.3. The second-order valence-electron chi connectivity index (χ2n) is 20.4. The fourth-order valence-electron chi connectivity index (χ4n) is 9.17. The first-order valence-electron chi connectivity index (χ1n) is 26.2. The van der Waals surface area contributed by atoms with Crippen molar-refractivity contribution in [1.29, 1.82) is 0 Å². The fraction of sp³-hybridized carbons (Fsp3) is 0.943. The van der Waals surface area contributed by atoms with Gasteiger partial charge in [0.2, 0.25) is 0 Å². The number of rotatable bonds is 41. The van der Waals surface area contributed by atoms with Gasteiger partial charge in [-0.1, -0.05) is 169 Å². The van der Waals surface area contributed by atoms with Crippen molar-refractivity contribution in [2.75, 3.05) is 32.9 Å². The lowest BCUT2D eigenvalue weighted by Crippen LogP contribution is -2.38. The molecule has 1 saturated heterocycles. The van der Waals surface area contributed by atoms with Gasteiger partial charge < -0.3 is 19.3 Å². The SMILES string of the molecule is CCCCCC(CCCCC)CCCOC(=O)C(C)(C)CCCCCCOC(=O)[C@@H]1CC(O)CN1CCCCCCC(C)(C)C(=O)OCCCC(CCCCC)CCCCC. The highest BCUT2D eigenvalue weighted by atomic mass is 16.5. The van der Waals surface area contributed by atoms with Crippen LogP contribution in [0.1, 0.15) is 254 Å². The Morgan fingerprint density at radius 1 is 0.508 bits per heavy atom. The number of hydrogen-bond donors (Lipinski definition) is 1. The summed E-state index contributed by atoms with van der Waals surface area (Å²) in [6.07, 6.45) is 34.2. The number of carbonyl (C=O) groups excluding carboxylic acids is 3. The number of hydrogen-bond acceptors (Lipinski definition) is 8. The second-order valence-corrected chi connectivity index (χ2v) is 20.4. The van der Waals surface area contributed by atoms with Crippen LogP contribution >= 0.6 is 0 Å². The molecule has 0 saturated carbocycles. The molecule has 8 nitrogen and oxygen atoms in total. The van der Waals surface area contributed by atoms with E-state index in [1.165, 1.54) is 103 Å². The minimum absolute atomic E-state index is 0.0746. The minimum Gasteiger partial charge on any atom is -0.465 e. The largest absolute Gasteiger partial charge is 0.465 e. The van der Waals surface area contributed by atoms with E-state index in [4.69, 9.17) is 14.2 Å². The summed E-state index contributed by atoms with van der Waals surface area (Å²) in [7, 11) is 0. The van der Waals surface area contributed by atoms with E-state index < -0.39 is 16.9 Å². The molecule has 1 unspecified atom stereocenters. The molecule has 360 valence electrons. The van der Waals surface area contributed by atoms with Crippen molar-refractivity contribution in [2.45, 2.75) is 267 Å². The average molecular weight is 864 g/mol. The summed E-state index contributed by atoms with van der Waals surface area (Å²) in [5, 5.41) is 10.4. The highest BCUT2D eigenvalue weighted by Crippen LogP contribution is 2.29. The number of unbranched alkanes of at least 4 members (excludes halogenated alkanes) is 14. The predicted molar refractivity (Wildman–Crippen MR) is 255 cm³/mol. The Morgan fingerprint density at radius 3 is 1.31 bits per heavy atom. The highest BCUT2D eigenvalue weighted by Gasteiger charge is 2.37. The normalized spacial score (nSPS) is 16.2. The van der Waals surface area contributed by atoms with Gasteiger partial charge in [-0.05, 0) is 97.4 Å². The number of ether oxygens (including phenoxy) is 3. The van der Waals surface area contributed by atoms with E-state index in [1.54, 1.807) is 0 Å². The van der Waals surface area contributed by atoms with E-state index in [2.05, 4.69) is 32.6 Å². The van der Waals surface area contributed by atoms with Crippen LogP contribution in [0.2, 0.25) is 0 Å². The lowest BCUT2D eigenvalue weighted by atomic mass is 9.87. The van der Waals surface area contributed by atoms with Gasteiger partial charge >= 0.3 is 17.9 Å². The molecule has 0 aromatic carbocycles. The molecular formula is C53H101NO7. The van der Waals surface area contributed by atoms with Crippen LogP contribution in [0, 0.1) is 22.7 Å². The number of likely N-dealkylation sites (tertiary alicyclic amines) is 1. The Labute approximate surface area is 377 Å². The van der Waals surface area contributed by atoms with E-state index in [9.17, 15) is 19.5 Å². The maximum absolute atomic E-state index is 13.0. The Bertz CT molecular complexity index is 1070. The molecular weight excluding hydrogens is 763 g/mol. The van der Waals surface area contributed by atoms with Crippen LogP contribution in [0.5, 0.6) is 0 Å². The van der Waals surface area contributed by atoms with E-state index in [0.29, 0.717) is 32.8 Å². The molecule has 8 heteroatoms. The molecule has 1 aliphatic rings. The first-order valence-corrected chi connectivity index (χ1v) is 26.2. The number of aliphatic hydroxyl groups excluding tert-OH is 1. The van der Waals surface area contributed by atoms with Crippen LogP contribution in [0.25, 0.3) is 0 Å². The number of β-amino-alcohol motifs (C(OH)–C–C–N with tert-alkyl or cyclic N) is 1. The van der Waals surface area contributed by atoms with E-state index in [1.807, 2.05) is 27.7 Å². The summed E-state index contributed by atoms with van der Waals surface area (Å²) in [5.41, 5.74) is -0.972. The molecule has 1 N–H and O–H groups in total. The summed E-state index contributed by atoms with van der Waals surface area (Å²) in [6.45, 7) is 19.8. The van der Waals surface area contributed by atoms with Gasteiger partial charge in [-0.2, -0.15) is 0 Å². The molecule has 1 heterocycles. The lowest BCUT2D eigenvalue weighted by molar-refractivity contribution is -0.155. The number of carbonyl (C=O) groups is 3. The minimum atomic E-state index is -0.504. The van der Waals surface area contributed by atoms with Gasteiger partial charge in [0.25, 0.3) is 0 Å². The van der Waals surface area contributed by atoms with Crippen LogP contribution in [-0.2, 0) is 28.6 Å². The third-order valence-electron chi connectivity index (χ3n) is 13.5. The van der Waals surface area contributed by atoms with Crippen molar-refractivity contribution in [3.63, 3.8) is 0 Å². The van der Waals surface area contributed by atoms with Gasteiger partial charge in [-0.15, -0.1) is 0 Å². The standard InChI is InChI=1S/C53H101NO7/c1-9-13-21-31-45(32-22-14-10-2)35-29-41-60-50(57)52(5,6)37-25-17-19-27-39-54-44-47(55)43-48(54)49(56)59-40-28-20-18-26-38-53(7,8)51(58)61-42-30-36-46(33-23-15-11-3)34-24-16-12-4/h45-48,55H,9-44H2,1-8H3/t47?,48-/m0/s1. The molecule has 0 amide bonds. The Balaban J connectivity index is 2.25.